The number of halogens is 3. The molecule has 0 heterocycles. The summed E-state index contributed by atoms with van der Waals surface area (Å²) in [5.41, 5.74) is 1.35. The van der Waals surface area contributed by atoms with Crippen LogP contribution >= 0.6 is 27.5 Å². The van der Waals surface area contributed by atoms with Crippen LogP contribution in [0.15, 0.2) is 40.9 Å². The van der Waals surface area contributed by atoms with Crippen LogP contribution in [0.1, 0.15) is 18.5 Å². The molecule has 2 aromatic rings. The predicted octanol–water partition coefficient (Wildman–Crippen LogP) is 5.12. The Balaban J connectivity index is 2.25. The third kappa shape index (κ3) is 3.39. The van der Waals surface area contributed by atoms with Gasteiger partial charge in [0.2, 0.25) is 0 Å². The van der Waals surface area contributed by atoms with E-state index in [2.05, 4.69) is 21.2 Å². The highest BCUT2D eigenvalue weighted by atomic mass is 79.9. The first-order valence-corrected chi connectivity index (χ1v) is 6.84. The molecule has 5 heteroatoms. The number of rotatable bonds is 3. The number of hydrogen-bond acceptors (Lipinski definition) is 2. The Morgan fingerprint density at radius 3 is 2.68 bits per heavy atom. The van der Waals surface area contributed by atoms with E-state index in [1.54, 1.807) is 12.1 Å². The first kappa shape index (κ1) is 14.2. The molecule has 0 fully saturated rings. The molecule has 0 radical (unpaired) electrons. The summed E-state index contributed by atoms with van der Waals surface area (Å²) >= 11 is 9.46. The van der Waals surface area contributed by atoms with Gasteiger partial charge in [-0.15, -0.1) is 0 Å². The smallest absolute Gasteiger partial charge is 0.126 e. The first-order chi connectivity index (χ1) is 8.97. The van der Waals surface area contributed by atoms with Crippen LogP contribution in [-0.2, 0) is 0 Å². The van der Waals surface area contributed by atoms with E-state index in [4.69, 9.17) is 11.6 Å². The second-order valence-corrected chi connectivity index (χ2v) is 5.52. The van der Waals surface area contributed by atoms with Crippen LogP contribution in [0.3, 0.4) is 0 Å². The number of anilines is 1. The monoisotopic (exact) mass is 343 g/mol. The number of phenols is 1. The summed E-state index contributed by atoms with van der Waals surface area (Å²) in [5.74, 6) is -0.542. The molecule has 0 saturated heterocycles. The van der Waals surface area contributed by atoms with Gasteiger partial charge in [-0.1, -0.05) is 33.6 Å². The lowest BCUT2D eigenvalue weighted by molar-refractivity contribution is 0.459. The van der Waals surface area contributed by atoms with Crippen molar-refractivity contribution in [2.24, 2.45) is 0 Å². The van der Waals surface area contributed by atoms with Gasteiger partial charge in [0.1, 0.15) is 11.6 Å². The summed E-state index contributed by atoms with van der Waals surface area (Å²) in [5, 5.41) is 13.5. The highest BCUT2D eigenvalue weighted by Gasteiger charge is 2.12. The van der Waals surface area contributed by atoms with E-state index in [0.717, 1.165) is 16.2 Å². The molecule has 0 aromatic heterocycles. The SMILES string of the molecule is CC(Nc1cc(Br)ccc1Cl)c1ccc(F)cc1O. The quantitative estimate of drug-likeness (QED) is 0.810. The number of nitrogens with one attached hydrogen (secondary N) is 1. The largest absolute Gasteiger partial charge is 0.507 e. The molecule has 0 saturated carbocycles. The standard InChI is InChI=1S/C14H12BrClFNO/c1-8(11-4-3-10(17)7-14(11)19)18-13-6-9(15)2-5-12(13)16/h2-8,18-19H,1H3. The number of benzene rings is 2. The lowest BCUT2D eigenvalue weighted by atomic mass is 10.1. The van der Waals surface area contributed by atoms with Crippen molar-refractivity contribution in [1.29, 1.82) is 0 Å². The molecule has 19 heavy (non-hydrogen) atoms. The number of phenolic OH excluding ortho intramolecular Hbond substituents is 1. The minimum atomic E-state index is -0.464. The zero-order valence-corrected chi connectivity index (χ0v) is 12.5. The molecule has 2 N–H and O–H groups in total. The topological polar surface area (TPSA) is 32.3 Å². The fourth-order valence-electron chi connectivity index (χ4n) is 1.80. The molecule has 0 spiro atoms. The van der Waals surface area contributed by atoms with Gasteiger partial charge in [0.15, 0.2) is 0 Å². The van der Waals surface area contributed by atoms with Gasteiger partial charge >= 0.3 is 0 Å². The van der Waals surface area contributed by atoms with Crippen molar-refractivity contribution in [2.45, 2.75) is 13.0 Å². The maximum atomic E-state index is 12.9. The van der Waals surface area contributed by atoms with E-state index in [1.165, 1.54) is 6.07 Å². The number of aromatic hydroxyl groups is 1. The first-order valence-electron chi connectivity index (χ1n) is 5.67. The summed E-state index contributed by atoms with van der Waals surface area (Å²) in [4.78, 5) is 0. The van der Waals surface area contributed by atoms with Crippen LogP contribution in [-0.4, -0.2) is 5.11 Å². The van der Waals surface area contributed by atoms with Gasteiger partial charge in [-0.05, 0) is 31.2 Å². The Morgan fingerprint density at radius 2 is 2.00 bits per heavy atom. The Labute approximate surface area is 124 Å². The predicted molar refractivity (Wildman–Crippen MR) is 79.3 cm³/mol. The molecule has 0 aliphatic rings. The van der Waals surface area contributed by atoms with Crippen molar-refractivity contribution in [3.8, 4) is 5.75 Å². The summed E-state index contributed by atoms with van der Waals surface area (Å²) in [6, 6.07) is 9.21. The normalized spacial score (nSPS) is 12.2. The van der Waals surface area contributed by atoms with E-state index in [1.807, 2.05) is 19.1 Å². The molecule has 0 bridgehead atoms. The van der Waals surface area contributed by atoms with Gasteiger partial charge in [0.05, 0.1) is 16.8 Å². The highest BCUT2D eigenvalue weighted by molar-refractivity contribution is 9.10. The molecular formula is C14H12BrClFNO. The summed E-state index contributed by atoms with van der Waals surface area (Å²) in [6.07, 6.45) is 0. The van der Waals surface area contributed by atoms with Crippen molar-refractivity contribution >= 4 is 33.2 Å². The van der Waals surface area contributed by atoms with Gasteiger partial charge in [-0.3, -0.25) is 0 Å². The van der Waals surface area contributed by atoms with Crippen molar-refractivity contribution in [3.63, 3.8) is 0 Å². The maximum Gasteiger partial charge on any atom is 0.126 e. The summed E-state index contributed by atoms with van der Waals surface area (Å²) in [7, 11) is 0. The van der Waals surface area contributed by atoms with Gasteiger partial charge in [-0.2, -0.15) is 0 Å². The zero-order valence-electron chi connectivity index (χ0n) is 10.1. The van der Waals surface area contributed by atoms with Gasteiger partial charge < -0.3 is 10.4 Å². The molecule has 0 amide bonds. The van der Waals surface area contributed by atoms with E-state index in [9.17, 15) is 9.50 Å². The lowest BCUT2D eigenvalue weighted by Gasteiger charge is -2.18. The van der Waals surface area contributed by atoms with Gasteiger partial charge in [0.25, 0.3) is 0 Å². The molecule has 2 nitrogen and oxygen atoms in total. The van der Waals surface area contributed by atoms with Gasteiger partial charge in [-0.25, -0.2) is 4.39 Å². The Hall–Kier alpha value is -1.26. The second kappa shape index (κ2) is 5.80. The molecule has 2 rings (SSSR count). The Bertz CT molecular complexity index is 606. The van der Waals surface area contributed by atoms with Crippen molar-refractivity contribution in [2.75, 3.05) is 5.32 Å². The molecule has 100 valence electrons. The van der Waals surface area contributed by atoms with Crippen LogP contribution < -0.4 is 5.32 Å². The minimum absolute atomic E-state index is 0.0777. The third-order valence-corrected chi connectivity index (χ3v) is 3.58. The van der Waals surface area contributed by atoms with E-state index >= 15 is 0 Å². The zero-order chi connectivity index (χ0) is 14.0. The number of hydrogen-bond donors (Lipinski definition) is 2. The van der Waals surface area contributed by atoms with Crippen molar-refractivity contribution in [3.05, 3.63) is 57.3 Å². The fourth-order valence-corrected chi connectivity index (χ4v) is 2.34. The maximum absolute atomic E-state index is 12.9. The van der Waals surface area contributed by atoms with E-state index in [-0.39, 0.29) is 11.8 Å². The van der Waals surface area contributed by atoms with Crippen molar-refractivity contribution < 1.29 is 9.50 Å². The average Bonchev–Trinajstić information content (AvgIpc) is 2.33. The van der Waals surface area contributed by atoms with Crippen molar-refractivity contribution in [1.82, 2.24) is 0 Å². The van der Waals surface area contributed by atoms with Crippen LogP contribution in [0.4, 0.5) is 10.1 Å². The fraction of sp³-hybridized carbons (Fsp3) is 0.143. The van der Waals surface area contributed by atoms with Crippen LogP contribution in [0.5, 0.6) is 5.75 Å². The lowest BCUT2D eigenvalue weighted by Crippen LogP contribution is -2.07. The molecule has 0 aliphatic heterocycles. The highest BCUT2D eigenvalue weighted by Crippen LogP contribution is 2.32. The van der Waals surface area contributed by atoms with Gasteiger partial charge in [0, 0.05) is 16.1 Å². The summed E-state index contributed by atoms with van der Waals surface area (Å²) < 4.78 is 13.8. The third-order valence-electron chi connectivity index (χ3n) is 2.76. The Kier molecular flexibility index (Phi) is 4.32. The van der Waals surface area contributed by atoms with Crippen LogP contribution in [0.2, 0.25) is 5.02 Å². The molecule has 2 aromatic carbocycles. The minimum Gasteiger partial charge on any atom is -0.507 e. The molecular weight excluding hydrogens is 333 g/mol. The Morgan fingerprint density at radius 1 is 1.26 bits per heavy atom. The second-order valence-electron chi connectivity index (χ2n) is 4.19. The van der Waals surface area contributed by atoms with Crippen LogP contribution in [0, 0.1) is 5.82 Å². The molecule has 0 aliphatic carbocycles. The molecule has 1 unspecified atom stereocenters. The van der Waals surface area contributed by atoms with E-state index < -0.39 is 5.82 Å². The van der Waals surface area contributed by atoms with Crippen LogP contribution in [0.25, 0.3) is 0 Å². The van der Waals surface area contributed by atoms with E-state index in [0.29, 0.717) is 10.6 Å². The summed E-state index contributed by atoms with van der Waals surface area (Å²) in [6.45, 7) is 1.87. The molecule has 1 atom stereocenters. The average molecular weight is 345 g/mol.